The summed E-state index contributed by atoms with van der Waals surface area (Å²) in [5.41, 5.74) is 0.716. The molecule has 8 heteroatoms. The molecule has 2 rings (SSSR count). The zero-order valence-electron chi connectivity index (χ0n) is 16.5. The van der Waals surface area contributed by atoms with Gasteiger partial charge in [-0.3, -0.25) is 5.32 Å². The number of methoxy groups -OCH3 is 1. The number of anilines is 2. The minimum absolute atomic E-state index is 0.233. The molecule has 0 spiro atoms. The number of pyridine rings is 1. The molecule has 2 aromatic rings. The van der Waals surface area contributed by atoms with Gasteiger partial charge < -0.3 is 25.9 Å². The average molecular weight is 385 g/mol. The lowest BCUT2D eigenvalue weighted by Gasteiger charge is -2.30. The molecule has 8 nitrogen and oxygen atoms in total. The van der Waals surface area contributed by atoms with Crippen molar-refractivity contribution in [2.75, 3.05) is 24.3 Å². The van der Waals surface area contributed by atoms with Crippen molar-refractivity contribution in [1.29, 1.82) is 5.41 Å². The fraction of sp³-hybridized carbons (Fsp3) is 0.350. The highest BCUT2D eigenvalue weighted by Crippen LogP contribution is 2.29. The van der Waals surface area contributed by atoms with Crippen LogP contribution < -0.4 is 20.7 Å². The minimum atomic E-state index is -1.18. The molecule has 5 N–H and O–H groups in total. The fourth-order valence-corrected chi connectivity index (χ4v) is 2.82. The Hall–Kier alpha value is -3.13. The monoisotopic (exact) mass is 385 g/mol. The summed E-state index contributed by atoms with van der Waals surface area (Å²) in [5, 5.41) is 26.6. The zero-order chi connectivity index (χ0) is 20.7. The molecule has 1 atom stereocenters. The van der Waals surface area contributed by atoms with Gasteiger partial charge in [-0.2, -0.15) is 4.98 Å². The van der Waals surface area contributed by atoms with Crippen molar-refractivity contribution in [3.05, 3.63) is 47.5 Å². The predicted molar refractivity (Wildman–Crippen MR) is 110 cm³/mol. The maximum Gasteiger partial charge on any atom is 0.320 e. The molecule has 0 bridgehead atoms. The van der Waals surface area contributed by atoms with E-state index in [1.54, 1.807) is 19.9 Å². The Bertz CT molecular complexity index is 819. The Kier molecular flexibility index (Phi) is 6.94. The molecule has 2 amide bonds. The highest BCUT2D eigenvalue weighted by Gasteiger charge is 2.30. The average Bonchev–Trinajstić information content (AvgIpc) is 2.66. The van der Waals surface area contributed by atoms with Gasteiger partial charge in [0.1, 0.15) is 11.5 Å². The van der Waals surface area contributed by atoms with Crippen molar-refractivity contribution >= 4 is 23.8 Å². The lowest BCUT2D eigenvalue weighted by molar-refractivity contribution is 0.0415. The van der Waals surface area contributed by atoms with Crippen molar-refractivity contribution in [3.8, 4) is 5.88 Å². The number of benzene rings is 1. The Morgan fingerprint density at radius 1 is 1.36 bits per heavy atom. The third-order valence-electron chi connectivity index (χ3n) is 4.08. The van der Waals surface area contributed by atoms with Crippen molar-refractivity contribution in [2.45, 2.75) is 32.4 Å². The second-order valence-electron chi connectivity index (χ2n) is 6.75. The summed E-state index contributed by atoms with van der Waals surface area (Å²) in [6, 6.07) is 9.65. The third kappa shape index (κ3) is 5.20. The zero-order valence-corrected chi connectivity index (χ0v) is 16.5. The van der Waals surface area contributed by atoms with Crippen LogP contribution in [0.4, 0.5) is 16.3 Å². The largest absolute Gasteiger partial charge is 0.479 e. The van der Waals surface area contributed by atoms with Crippen molar-refractivity contribution in [2.24, 2.45) is 0 Å². The SMILES string of the molecule is CCNc1c(C=N)cc(NC(=O)NC(c2ccccc2)C(C)(C)O)nc1OC. The molecule has 28 heavy (non-hydrogen) atoms. The van der Waals surface area contributed by atoms with E-state index < -0.39 is 17.7 Å². The van der Waals surface area contributed by atoms with E-state index in [0.29, 0.717) is 17.8 Å². The highest BCUT2D eigenvalue weighted by atomic mass is 16.5. The van der Waals surface area contributed by atoms with Crippen LogP contribution in [0.2, 0.25) is 0 Å². The molecule has 0 radical (unpaired) electrons. The minimum Gasteiger partial charge on any atom is -0.479 e. The molecule has 0 aliphatic heterocycles. The Labute approximate surface area is 164 Å². The van der Waals surface area contributed by atoms with Crippen LogP contribution >= 0.6 is 0 Å². The van der Waals surface area contributed by atoms with Gasteiger partial charge in [-0.05, 0) is 32.4 Å². The van der Waals surface area contributed by atoms with E-state index in [9.17, 15) is 9.90 Å². The number of nitrogens with zero attached hydrogens (tertiary/aromatic N) is 1. The smallest absolute Gasteiger partial charge is 0.320 e. The number of hydrogen-bond acceptors (Lipinski definition) is 6. The van der Waals surface area contributed by atoms with Gasteiger partial charge in [-0.1, -0.05) is 30.3 Å². The summed E-state index contributed by atoms with van der Waals surface area (Å²) in [6.45, 7) is 5.82. The van der Waals surface area contributed by atoms with E-state index in [1.807, 2.05) is 37.3 Å². The normalized spacial score (nSPS) is 12.0. The summed E-state index contributed by atoms with van der Waals surface area (Å²) >= 11 is 0. The quantitative estimate of drug-likeness (QED) is 0.447. The van der Waals surface area contributed by atoms with Gasteiger partial charge in [-0.15, -0.1) is 0 Å². The van der Waals surface area contributed by atoms with Crippen molar-refractivity contribution in [3.63, 3.8) is 0 Å². The number of rotatable bonds is 8. The maximum absolute atomic E-state index is 12.6. The van der Waals surface area contributed by atoms with E-state index in [-0.39, 0.29) is 11.7 Å². The molecular weight excluding hydrogens is 358 g/mol. The first-order valence-corrected chi connectivity index (χ1v) is 8.98. The molecule has 150 valence electrons. The number of urea groups is 1. The number of ether oxygens (including phenoxy) is 1. The van der Waals surface area contributed by atoms with Crippen molar-refractivity contribution < 1.29 is 14.6 Å². The summed E-state index contributed by atoms with van der Waals surface area (Å²) in [4.78, 5) is 16.8. The van der Waals surface area contributed by atoms with E-state index >= 15 is 0 Å². The number of amides is 2. The van der Waals surface area contributed by atoms with Gasteiger partial charge in [0.2, 0.25) is 5.88 Å². The van der Waals surface area contributed by atoms with Crippen LogP contribution in [0.25, 0.3) is 0 Å². The third-order valence-corrected chi connectivity index (χ3v) is 4.08. The molecular formula is C20H27N5O3. The molecule has 0 fully saturated rings. The second-order valence-corrected chi connectivity index (χ2v) is 6.75. The van der Waals surface area contributed by atoms with Gasteiger partial charge in [0, 0.05) is 18.3 Å². The van der Waals surface area contributed by atoms with Gasteiger partial charge >= 0.3 is 6.03 Å². The van der Waals surface area contributed by atoms with Gasteiger partial charge in [0.05, 0.1) is 18.8 Å². The molecule has 1 aromatic heterocycles. The summed E-state index contributed by atoms with van der Waals surface area (Å²) in [6.07, 6.45) is 1.16. The highest BCUT2D eigenvalue weighted by molar-refractivity contribution is 5.93. The standard InChI is InChI=1S/C20H27N5O3/c1-5-22-16-14(12-21)11-15(23-18(16)28-4)24-19(26)25-17(20(2,3)27)13-9-7-6-8-10-13/h6-12,17,21-22,27H,5H2,1-4H3,(H2,23,24,25,26). The van der Waals surface area contributed by atoms with Crippen LogP contribution in [-0.2, 0) is 0 Å². The molecule has 1 unspecified atom stereocenters. The number of nitrogens with one attached hydrogen (secondary N) is 4. The van der Waals surface area contributed by atoms with Gasteiger partial charge in [-0.25, -0.2) is 4.79 Å². The second kappa shape index (κ2) is 9.18. The van der Waals surface area contributed by atoms with Crippen molar-refractivity contribution in [1.82, 2.24) is 10.3 Å². The summed E-state index contributed by atoms with van der Waals surface area (Å²) < 4.78 is 5.28. The summed E-state index contributed by atoms with van der Waals surface area (Å²) in [7, 11) is 1.47. The van der Waals surface area contributed by atoms with E-state index in [2.05, 4.69) is 20.9 Å². The first kappa shape index (κ1) is 21.2. The topological polar surface area (TPSA) is 119 Å². The number of carbonyl (C=O) groups is 1. The van der Waals surface area contributed by atoms with Crippen LogP contribution in [0.3, 0.4) is 0 Å². The van der Waals surface area contributed by atoms with Crippen LogP contribution in [-0.4, -0.2) is 41.6 Å². The van der Waals surface area contributed by atoms with Crippen LogP contribution in [0, 0.1) is 5.41 Å². The Morgan fingerprint density at radius 3 is 2.57 bits per heavy atom. The molecule has 1 heterocycles. The van der Waals surface area contributed by atoms with Gasteiger partial charge in [0.15, 0.2) is 0 Å². The molecule has 0 saturated heterocycles. The summed E-state index contributed by atoms with van der Waals surface area (Å²) in [5.74, 6) is 0.511. The first-order valence-electron chi connectivity index (χ1n) is 8.98. The van der Waals surface area contributed by atoms with Crippen LogP contribution in [0.1, 0.15) is 37.9 Å². The van der Waals surface area contributed by atoms with E-state index in [1.165, 1.54) is 7.11 Å². The Balaban J connectivity index is 2.25. The molecule has 1 aromatic carbocycles. The molecule has 0 aliphatic carbocycles. The molecule has 0 saturated carbocycles. The fourth-order valence-electron chi connectivity index (χ4n) is 2.82. The number of aromatic nitrogens is 1. The molecule has 0 aliphatic rings. The number of carbonyl (C=O) groups excluding carboxylic acids is 1. The lowest BCUT2D eigenvalue weighted by Crippen LogP contribution is -2.44. The Morgan fingerprint density at radius 2 is 2.04 bits per heavy atom. The van der Waals surface area contributed by atoms with Crippen LogP contribution in [0.5, 0.6) is 5.88 Å². The van der Waals surface area contributed by atoms with E-state index in [0.717, 1.165) is 11.8 Å². The first-order chi connectivity index (χ1) is 13.3. The predicted octanol–water partition coefficient (Wildman–Crippen LogP) is 3.15. The van der Waals surface area contributed by atoms with E-state index in [4.69, 9.17) is 10.1 Å². The lowest BCUT2D eigenvalue weighted by atomic mass is 9.92. The van der Waals surface area contributed by atoms with Crippen LogP contribution in [0.15, 0.2) is 36.4 Å². The maximum atomic E-state index is 12.6. The van der Waals surface area contributed by atoms with Gasteiger partial charge in [0.25, 0.3) is 0 Å². The number of aliphatic hydroxyl groups is 1. The number of hydrogen-bond donors (Lipinski definition) is 5.